The number of methoxy groups -OCH3 is 2. The molecule has 7 rings (SSSR count). The van der Waals surface area contributed by atoms with E-state index < -0.39 is 30.3 Å². The number of benzene rings is 2. The van der Waals surface area contributed by atoms with Crippen LogP contribution in [0.15, 0.2) is 48.7 Å². The van der Waals surface area contributed by atoms with E-state index in [1.165, 1.54) is 14.2 Å². The first-order valence-corrected chi connectivity index (χ1v) is 19.8. The lowest BCUT2D eigenvalue weighted by atomic mass is 9.99. The monoisotopic (exact) mass is 790 g/mol. The van der Waals surface area contributed by atoms with E-state index >= 15 is 0 Å². The Morgan fingerprint density at radius 1 is 0.845 bits per heavy atom. The van der Waals surface area contributed by atoms with Gasteiger partial charge in [0, 0.05) is 37.2 Å². The maximum absolute atomic E-state index is 13.7. The maximum Gasteiger partial charge on any atom is 0.407 e. The van der Waals surface area contributed by atoms with E-state index in [4.69, 9.17) is 19.2 Å². The zero-order valence-electron chi connectivity index (χ0n) is 33.7. The van der Waals surface area contributed by atoms with Crippen molar-refractivity contribution in [3.05, 3.63) is 66.0 Å². The predicted octanol–water partition coefficient (Wildman–Crippen LogP) is 5.77. The summed E-state index contributed by atoms with van der Waals surface area (Å²) in [6.07, 6.45) is 3.20. The number of aromatic amines is 2. The number of alkyl carbamates (subject to hydrolysis) is 2. The molecule has 15 heteroatoms. The SMILES string of the molecule is COC(=O)N[C@H](C(=O)N1CCC#C[C@H]1c1ncc(-c2ccc(-c3ccc4c(c3)OCCc3[nH]c([C@@H]5CCCN5C(=O)[C@@H](NC(=O)OC)C(C)C)nc3-4)cc2)[nH]1)C(C)C. The summed E-state index contributed by atoms with van der Waals surface area (Å²) < 4.78 is 15.8. The quantitative estimate of drug-likeness (QED) is 0.145. The normalized spacial score (nSPS) is 18.2. The summed E-state index contributed by atoms with van der Waals surface area (Å²) in [5.41, 5.74) is 6.32. The van der Waals surface area contributed by atoms with E-state index in [9.17, 15) is 19.2 Å². The van der Waals surface area contributed by atoms with Crippen LogP contribution in [-0.2, 0) is 25.5 Å². The number of rotatable bonds is 10. The Labute approximate surface area is 337 Å². The van der Waals surface area contributed by atoms with Gasteiger partial charge >= 0.3 is 12.2 Å². The molecule has 3 aliphatic heterocycles. The Balaban J connectivity index is 1.07. The van der Waals surface area contributed by atoms with Gasteiger partial charge in [0.1, 0.15) is 29.5 Å². The lowest BCUT2D eigenvalue weighted by Crippen LogP contribution is -2.52. The number of nitrogens with zero attached hydrogens (tertiary/aromatic N) is 4. The van der Waals surface area contributed by atoms with Crippen LogP contribution in [-0.4, -0.2) is 99.7 Å². The molecule has 4 aromatic rings. The highest BCUT2D eigenvalue weighted by Crippen LogP contribution is 2.40. The third kappa shape index (κ3) is 8.09. The van der Waals surface area contributed by atoms with Gasteiger partial charge in [-0.1, -0.05) is 69.9 Å². The maximum atomic E-state index is 13.7. The van der Waals surface area contributed by atoms with Crippen LogP contribution >= 0.6 is 0 Å². The van der Waals surface area contributed by atoms with Crippen LogP contribution in [0.25, 0.3) is 33.6 Å². The van der Waals surface area contributed by atoms with E-state index in [0.717, 1.165) is 63.8 Å². The molecule has 0 bridgehead atoms. The minimum Gasteiger partial charge on any atom is -0.492 e. The first-order chi connectivity index (χ1) is 28.0. The van der Waals surface area contributed by atoms with Gasteiger partial charge in [0.05, 0.1) is 44.5 Å². The summed E-state index contributed by atoms with van der Waals surface area (Å²) in [5.74, 6) is 7.61. The Morgan fingerprint density at radius 3 is 2.17 bits per heavy atom. The van der Waals surface area contributed by atoms with Gasteiger partial charge in [-0.15, -0.1) is 0 Å². The van der Waals surface area contributed by atoms with Crippen LogP contribution < -0.4 is 15.4 Å². The van der Waals surface area contributed by atoms with E-state index in [-0.39, 0.29) is 29.7 Å². The number of amides is 4. The molecule has 2 aromatic carbocycles. The van der Waals surface area contributed by atoms with Gasteiger partial charge in [-0.3, -0.25) is 9.59 Å². The van der Waals surface area contributed by atoms with Crippen molar-refractivity contribution in [3.63, 3.8) is 0 Å². The molecule has 1 saturated heterocycles. The summed E-state index contributed by atoms with van der Waals surface area (Å²) in [4.78, 5) is 71.5. The van der Waals surface area contributed by atoms with E-state index in [2.05, 4.69) is 43.5 Å². The second-order valence-electron chi connectivity index (χ2n) is 15.4. The molecule has 3 aliphatic rings. The highest BCUT2D eigenvalue weighted by molar-refractivity contribution is 5.87. The van der Waals surface area contributed by atoms with Crippen molar-refractivity contribution in [2.75, 3.05) is 33.9 Å². The van der Waals surface area contributed by atoms with Crippen molar-refractivity contribution in [3.8, 4) is 51.2 Å². The molecular formula is C43H50N8O7. The van der Waals surface area contributed by atoms with Crippen molar-refractivity contribution in [1.29, 1.82) is 0 Å². The molecule has 5 heterocycles. The smallest absolute Gasteiger partial charge is 0.407 e. The molecule has 0 aliphatic carbocycles. The van der Waals surface area contributed by atoms with Gasteiger partial charge in [0.25, 0.3) is 0 Å². The first-order valence-electron chi connectivity index (χ1n) is 19.8. The number of imidazole rings is 2. The molecule has 4 amide bonds. The van der Waals surface area contributed by atoms with Crippen LogP contribution in [0.4, 0.5) is 9.59 Å². The van der Waals surface area contributed by atoms with E-state index in [1.807, 2.05) is 69.0 Å². The van der Waals surface area contributed by atoms with Crippen LogP contribution in [0, 0.1) is 23.7 Å². The molecule has 15 nitrogen and oxygen atoms in total. The van der Waals surface area contributed by atoms with Gasteiger partial charge in [-0.25, -0.2) is 19.6 Å². The van der Waals surface area contributed by atoms with Crippen LogP contribution in [0.2, 0.25) is 0 Å². The molecule has 0 radical (unpaired) electrons. The van der Waals surface area contributed by atoms with Gasteiger partial charge in [-0.05, 0) is 53.5 Å². The average Bonchev–Trinajstić information content (AvgIpc) is 4.00. The zero-order chi connectivity index (χ0) is 41.1. The molecule has 304 valence electrons. The second kappa shape index (κ2) is 17.1. The third-order valence-corrected chi connectivity index (χ3v) is 11.0. The van der Waals surface area contributed by atoms with E-state index in [0.29, 0.717) is 38.4 Å². The highest BCUT2D eigenvalue weighted by Gasteiger charge is 2.39. The van der Waals surface area contributed by atoms with Crippen LogP contribution in [0.3, 0.4) is 0 Å². The summed E-state index contributed by atoms with van der Waals surface area (Å²) >= 11 is 0. The molecule has 1 fully saturated rings. The fourth-order valence-electron chi connectivity index (χ4n) is 7.81. The van der Waals surface area contributed by atoms with Gasteiger partial charge in [0.15, 0.2) is 6.04 Å². The Morgan fingerprint density at radius 2 is 1.50 bits per heavy atom. The topological polar surface area (TPSA) is 184 Å². The summed E-state index contributed by atoms with van der Waals surface area (Å²) in [6, 6.07) is 11.9. The molecule has 58 heavy (non-hydrogen) atoms. The third-order valence-electron chi connectivity index (χ3n) is 11.0. The number of aromatic nitrogens is 4. The number of hydrogen-bond donors (Lipinski definition) is 4. The van der Waals surface area contributed by atoms with Crippen molar-refractivity contribution < 1.29 is 33.4 Å². The lowest BCUT2D eigenvalue weighted by molar-refractivity contribution is -0.136. The van der Waals surface area contributed by atoms with Gasteiger partial charge < -0.3 is 44.6 Å². The Bertz CT molecular complexity index is 2230. The summed E-state index contributed by atoms with van der Waals surface area (Å²) in [6.45, 7) is 9.00. The number of carbonyl (C=O) groups excluding carboxylic acids is 4. The molecule has 2 aromatic heterocycles. The number of hydrogen-bond acceptors (Lipinski definition) is 9. The molecule has 0 saturated carbocycles. The van der Waals surface area contributed by atoms with Crippen molar-refractivity contribution in [2.45, 2.75) is 77.5 Å². The predicted molar refractivity (Wildman–Crippen MR) is 215 cm³/mol. The molecule has 4 atom stereocenters. The molecule has 0 unspecified atom stereocenters. The van der Waals surface area contributed by atoms with Crippen LogP contribution in [0.1, 0.15) is 76.4 Å². The second-order valence-corrected chi connectivity index (χ2v) is 15.4. The van der Waals surface area contributed by atoms with Crippen molar-refractivity contribution in [2.24, 2.45) is 11.8 Å². The fourth-order valence-corrected chi connectivity index (χ4v) is 7.81. The number of carbonyl (C=O) groups is 4. The van der Waals surface area contributed by atoms with Crippen molar-refractivity contribution >= 4 is 24.0 Å². The summed E-state index contributed by atoms with van der Waals surface area (Å²) in [5, 5.41) is 5.38. The number of H-pyrrole nitrogens is 2. The number of fused-ring (bicyclic) bond motifs is 3. The Kier molecular flexibility index (Phi) is 11.7. The zero-order valence-corrected chi connectivity index (χ0v) is 33.7. The summed E-state index contributed by atoms with van der Waals surface area (Å²) in [7, 11) is 2.56. The number of nitrogens with one attached hydrogen (secondary N) is 4. The van der Waals surface area contributed by atoms with Gasteiger partial charge in [-0.2, -0.15) is 0 Å². The molecule has 4 N–H and O–H groups in total. The van der Waals surface area contributed by atoms with Crippen molar-refractivity contribution in [1.82, 2.24) is 40.4 Å². The van der Waals surface area contributed by atoms with Crippen LogP contribution in [0.5, 0.6) is 5.75 Å². The molecular weight excluding hydrogens is 741 g/mol. The number of likely N-dealkylation sites (tertiary alicyclic amines) is 1. The van der Waals surface area contributed by atoms with Gasteiger partial charge in [0.2, 0.25) is 11.8 Å². The highest BCUT2D eigenvalue weighted by atomic mass is 16.5. The molecule has 0 spiro atoms. The lowest BCUT2D eigenvalue weighted by Gasteiger charge is -2.33. The largest absolute Gasteiger partial charge is 0.492 e. The Hall–Kier alpha value is -6.30. The number of ether oxygens (including phenoxy) is 3. The standard InChI is InChI=1S/C43H50N8O7/c1-24(2)35(48-42(54)56-5)40(52)50-19-8-7-10-32(50)38-44-23-31(46-38)27-14-12-26(13-15-27)28-16-17-29-34(22-28)58-21-18-30-37(29)47-39(45-30)33-11-9-20-51(33)41(53)36(25(3)4)49-43(55)57-6/h12-17,22-25,32-33,35-36H,8-9,11,18-21H2,1-6H3,(H,44,46)(H,45,47)(H,48,54)(H,49,55)/t32-,33-,35-,36-/m0/s1. The minimum absolute atomic E-state index is 0.122. The van der Waals surface area contributed by atoms with E-state index in [1.54, 1.807) is 11.1 Å². The first kappa shape index (κ1) is 39.9. The minimum atomic E-state index is -0.768. The average molecular weight is 791 g/mol. The fraction of sp³-hybridized carbons (Fsp3) is 0.442.